The number of hydrogen-bond acceptors (Lipinski definition) is 3. The Morgan fingerprint density at radius 3 is 2.60 bits per heavy atom. The molecule has 0 aliphatic carbocycles. The number of nitrogens with zero attached hydrogens (tertiary/aromatic N) is 2. The van der Waals surface area contributed by atoms with Gasteiger partial charge in [0.1, 0.15) is 4.90 Å². The van der Waals surface area contributed by atoms with E-state index in [1.54, 1.807) is 6.07 Å². The van der Waals surface area contributed by atoms with E-state index in [9.17, 15) is 13.2 Å². The Labute approximate surface area is 214 Å². The van der Waals surface area contributed by atoms with E-state index in [-0.39, 0.29) is 22.4 Å². The van der Waals surface area contributed by atoms with E-state index in [4.69, 9.17) is 23.2 Å². The summed E-state index contributed by atoms with van der Waals surface area (Å²) in [7, 11) is -3.87. The van der Waals surface area contributed by atoms with Crippen LogP contribution in [-0.2, 0) is 21.4 Å². The highest BCUT2D eigenvalue weighted by Crippen LogP contribution is 2.33. The van der Waals surface area contributed by atoms with E-state index >= 15 is 0 Å². The van der Waals surface area contributed by atoms with Gasteiger partial charge >= 0.3 is 0 Å². The molecule has 0 saturated carbocycles. The lowest BCUT2D eigenvalue weighted by atomic mass is 9.98. The predicted octanol–water partition coefficient (Wildman–Crippen LogP) is 6.16. The van der Waals surface area contributed by atoms with Crippen LogP contribution >= 0.6 is 23.2 Å². The fraction of sp³-hybridized carbons (Fsp3) is 0.269. The molecule has 6 nitrogen and oxygen atoms in total. The van der Waals surface area contributed by atoms with Gasteiger partial charge in [-0.05, 0) is 62.2 Å². The molecule has 5 rings (SSSR count). The molecule has 1 fully saturated rings. The predicted molar refractivity (Wildman–Crippen MR) is 142 cm³/mol. The number of sulfonamides is 1. The van der Waals surface area contributed by atoms with Crippen molar-refractivity contribution in [2.45, 2.75) is 31.2 Å². The molecule has 0 bridgehead atoms. The number of halogens is 2. The molecule has 182 valence electrons. The Hall–Kier alpha value is -2.58. The molecule has 1 saturated heterocycles. The fourth-order valence-electron chi connectivity index (χ4n) is 4.91. The van der Waals surface area contributed by atoms with Crippen LogP contribution in [0.3, 0.4) is 0 Å². The third-order valence-corrected chi connectivity index (χ3v) is 9.20. The molecular formula is C26H25Cl2N3O3S. The topological polar surface area (TPSA) is 71.4 Å². The normalized spacial score (nSPS) is 17.2. The minimum Gasteiger partial charge on any atom is -0.341 e. The van der Waals surface area contributed by atoms with Gasteiger partial charge < -0.3 is 9.88 Å². The number of hydrogen-bond donors (Lipinski definition) is 1. The molecule has 0 spiro atoms. The number of rotatable bonds is 5. The molecule has 2 heterocycles. The summed E-state index contributed by atoms with van der Waals surface area (Å²) in [5.74, 6) is -0.662. The lowest BCUT2D eigenvalue weighted by Crippen LogP contribution is -2.43. The minimum absolute atomic E-state index is 0.0366. The summed E-state index contributed by atoms with van der Waals surface area (Å²) in [6.07, 6.45) is 1.19. The quantitative estimate of drug-likeness (QED) is 0.336. The molecule has 4 aromatic rings. The number of nitrogens with one attached hydrogen (secondary N) is 1. The number of carbonyl (C=O) groups excluding carboxylic acids is 1. The van der Waals surface area contributed by atoms with E-state index < -0.39 is 15.9 Å². The lowest BCUT2D eigenvalue weighted by molar-refractivity contribution is -0.120. The lowest BCUT2D eigenvalue weighted by Gasteiger charge is -2.31. The molecule has 0 radical (unpaired) electrons. The van der Waals surface area contributed by atoms with Crippen LogP contribution in [0, 0.1) is 5.92 Å². The maximum absolute atomic E-state index is 13.2. The summed E-state index contributed by atoms with van der Waals surface area (Å²) >= 11 is 12.2. The van der Waals surface area contributed by atoms with Crippen molar-refractivity contribution in [3.63, 3.8) is 0 Å². The van der Waals surface area contributed by atoms with Crippen LogP contribution in [-0.4, -0.2) is 36.3 Å². The van der Waals surface area contributed by atoms with Gasteiger partial charge in [-0.1, -0.05) is 41.4 Å². The van der Waals surface area contributed by atoms with Crippen LogP contribution in [0.2, 0.25) is 10.0 Å². The van der Waals surface area contributed by atoms with Crippen LogP contribution < -0.4 is 5.32 Å². The number of fused-ring (bicyclic) bond motifs is 3. The van der Waals surface area contributed by atoms with Crippen molar-refractivity contribution in [3.05, 3.63) is 70.7 Å². The van der Waals surface area contributed by atoms with Gasteiger partial charge in [0, 0.05) is 52.2 Å². The first-order chi connectivity index (χ1) is 16.8. The van der Waals surface area contributed by atoms with Crippen molar-refractivity contribution >= 4 is 66.6 Å². The second-order valence-electron chi connectivity index (χ2n) is 8.76. The number of piperidine rings is 1. The second-order valence-corrected chi connectivity index (χ2v) is 11.5. The molecular weight excluding hydrogens is 505 g/mol. The average Bonchev–Trinajstić information content (AvgIpc) is 3.18. The molecule has 9 heteroatoms. The van der Waals surface area contributed by atoms with Crippen LogP contribution in [0.4, 0.5) is 5.69 Å². The van der Waals surface area contributed by atoms with Gasteiger partial charge in [-0.25, -0.2) is 8.42 Å². The maximum Gasteiger partial charge on any atom is 0.244 e. The SMILES string of the molecule is CCn1c2ccccc2c2cc(NC(=O)[C@@H]3CCCN(S(=O)(=O)c4cc(Cl)ccc4Cl)C3)ccc21. The zero-order valence-electron chi connectivity index (χ0n) is 19.2. The zero-order valence-corrected chi connectivity index (χ0v) is 21.5. The van der Waals surface area contributed by atoms with E-state index in [0.29, 0.717) is 30.1 Å². The highest BCUT2D eigenvalue weighted by Gasteiger charge is 2.34. The molecule has 1 aliphatic rings. The number of amides is 1. The van der Waals surface area contributed by atoms with Crippen molar-refractivity contribution in [1.82, 2.24) is 8.87 Å². The third-order valence-electron chi connectivity index (χ3n) is 6.62. The van der Waals surface area contributed by atoms with E-state index in [2.05, 4.69) is 28.9 Å². The summed E-state index contributed by atoms with van der Waals surface area (Å²) in [6.45, 7) is 3.38. The van der Waals surface area contributed by atoms with Gasteiger partial charge in [-0.15, -0.1) is 0 Å². The molecule has 1 aromatic heterocycles. The van der Waals surface area contributed by atoms with Crippen molar-refractivity contribution in [3.8, 4) is 0 Å². The van der Waals surface area contributed by atoms with Gasteiger partial charge in [0.25, 0.3) is 0 Å². The van der Waals surface area contributed by atoms with Gasteiger partial charge in [-0.3, -0.25) is 4.79 Å². The first kappa shape index (κ1) is 24.1. The number of aryl methyl sites for hydroxylation is 1. The Morgan fingerprint density at radius 1 is 1.03 bits per heavy atom. The van der Waals surface area contributed by atoms with E-state index in [1.165, 1.54) is 16.4 Å². The number of carbonyl (C=O) groups is 1. The molecule has 1 N–H and O–H groups in total. The Balaban J connectivity index is 1.38. The molecule has 1 aliphatic heterocycles. The number of para-hydroxylation sites is 1. The van der Waals surface area contributed by atoms with Crippen LogP contribution in [0.5, 0.6) is 0 Å². The first-order valence-corrected chi connectivity index (χ1v) is 13.8. The largest absolute Gasteiger partial charge is 0.341 e. The van der Waals surface area contributed by atoms with E-state index in [1.807, 2.05) is 30.3 Å². The first-order valence-electron chi connectivity index (χ1n) is 11.6. The fourth-order valence-corrected chi connectivity index (χ4v) is 7.17. The van der Waals surface area contributed by atoms with Crippen LogP contribution in [0.1, 0.15) is 19.8 Å². The van der Waals surface area contributed by atoms with Crippen molar-refractivity contribution in [2.24, 2.45) is 5.92 Å². The Morgan fingerprint density at radius 2 is 1.80 bits per heavy atom. The monoisotopic (exact) mass is 529 g/mol. The Bertz CT molecular complexity index is 1550. The number of aromatic nitrogens is 1. The zero-order chi connectivity index (χ0) is 24.7. The molecule has 35 heavy (non-hydrogen) atoms. The van der Waals surface area contributed by atoms with Crippen molar-refractivity contribution in [1.29, 1.82) is 0 Å². The van der Waals surface area contributed by atoms with Crippen LogP contribution in [0.25, 0.3) is 21.8 Å². The molecule has 1 amide bonds. The summed E-state index contributed by atoms with van der Waals surface area (Å²) in [4.78, 5) is 13.1. The maximum atomic E-state index is 13.2. The highest BCUT2D eigenvalue weighted by atomic mass is 35.5. The third kappa shape index (κ3) is 4.42. The van der Waals surface area contributed by atoms with Gasteiger partial charge in [0.2, 0.25) is 15.9 Å². The summed E-state index contributed by atoms with van der Waals surface area (Å²) in [5.41, 5.74) is 2.96. The summed E-state index contributed by atoms with van der Waals surface area (Å²) in [5, 5.41) is 5.62. The Kier molecular flexibility index (Phi) is 6.53. The van der Waals surface area contributed by atoms with Crippen molar-refractivity contribution in [2.75, 3.05) is 18.4 Å². The highest BCUT2D eigenvalue weighted by molar-refractivity contribution is 7.89. The number of anilines is 1. The molecule has 3 aromatic carbocycles. The van der Waals surface area contributed by atoms with Gasteiger partial charge in [0.05, 0.1) is 10.9 Å². The molecule has 0 unspecified atom stereocenters. The van der Waals surface area contributed by atoms with E-state index in [0.717, 1.165) is 28.4 Å². The van der Waals surface area contributed by atoms with Gasteiger partial charge in [0.15, 0.2) is 0 Å². The average molecular weight is 530 g/mol. The van der Waals surface area contributed by atoms with Gasteiger partial charge in [-0.2, -0.15) is 4.31 Å². The molecule has 1 atom stereocenters. The second kappa shape index (κ2) is 9.47. The van der Waals surface area contributed by atoms with Crippen LogP contribution in [0.15, 0.2) is 65.6 Å². The number of benzene rings is 3. The standard InChI is InChI=1S/C26H25Cl2N3O3S/c1-2-31-23-8-4-3-7-20(23)21-15-19(10-12-24(21)31)29-26(32)17-6-5-13-30(16-17)35(33,34)25-14-18(27)9-11-22(25)28/h3-4,7-12,14-15,17H,2,5-6,13,16H2,1H3,(H,29,32)/t17-/m1/s1. The minimum atomic E-state index is -3.87. The summed E-state index contributed by atoms with van der Waals surface area (Å²) < 4.78 is 30.1. The smallest absolute Gasteiger partial charge is 0.244 e. The summed E-state index contributed by atoms with van der Waals surface area (Å²) in [6, 6.07) is 18.5. The van der Waals surface area contributed by atoms with Crippen molar-refractivity contribution < 1.29 is 13.2 Å².